The van der Waals surface area contributed by atoms with Crippen LogP contribution in [-0.2, 0) is 4.74 Å². The number of hydrogen-bond acceptors (Lipinski definition) is 3. The van der Waals surface area contributed by atoms with Gasteiger partial charge in [0.15, 0.2) is 0 Å². The topological polar surface area (TPSA) is 24.5 Å². The van der Waals surface area contributed by atoms with Gasteiger partial charge in [-0.15, -0.1) is 0 Å². The molecule has 1 aromatic rings. The molecule has 3 atom stereocenters. The molecule has 3 nitrogen and oxygen atoms in total. The van der Waals surface area contributed by atoms with Crippen molar-refractivity contribution in [1.29, 1.82) is 0 Å². The van der Waals surface area contributed by atoms with Crippen molar-refractivity contribution in [2.24, 2.45) is 5.92 Å². The van der Waals surface area contributed by atoms with Gasteiger partial charge in [-0.3, -0.25) is 4.90 Å². The fourth-order valence-electron chi connectivity index (χ4n) is 3.13. The zero-order valence-corrected chi connectivity index (χ0v) is 13.0. The maximum atomic E-state index is 5.28. The molecule has 1 heterocycles. The zero-order chi connectivity index (χ0) is 14.4. The van der Waals surface area contributed by atoms with Gasteiger partial charge in [0.25, 0.3) is 0 Å². The van der Waals surface area contributed by atoms with Crippen molar-refractivity contribution in [2.45, 2.75) is 32.4 Å². The van der Waals surface area contributed by atoms with Crippen LogP contribution in [0.4, 0.5) is 0 Å². The number of nitrogens with one attached hydrogen (secondary N) is 1. The maximum Gasteiger partial charge on any atom is 0.0500 e. The maximum absolute atomic E-state index is 5.28. The Morgan fingerprint density at radius 3 is 2.75 bits per heavy atom. The van der Waals surface area contributed by atoms with E-state index >= 15 is 0 Å². The number of piperazine rings is 1. The van der Waals surface area contributed by atoms with Crippen molar-refractivity contribution < 1.29 is 4.74 Å². The highest BCUT2D eigenvalue weighted by Gasteiger charge is 2.28. The second-order valence-corrected chi connectivity index (χ2v) is 5.95. The van der Waals surface area contributed by atoms with E-state index in [0.29, 0.717) is 18.0 Å². The second kappa shape index (κ2) is 7.77. The van der Waals surface area contributed by atoms with E-state index in [2.05, 4.69) is 54.4 Å². The normalized spacial score (nSPS) is 25.6. The van der Waals surface area contributed by atoms with E-state index in [0.717, 1.165) is 26.2 Å². The summed E-state index contributed by atoms with van der Waals surface area (Å²) in [5.41, 5.74) is 1.39. The molecule has 0 amide bonds. The van der Waals surface area contributed by atoms with E-state index in [1.807, 2.05) is 0 Å². The first-order valence-electron chi connectivity index (χ1n) is 7.75. The number of methoxy groups -OCH3 is 1. The SMILES string of the molecule is CCC1CNC(c2ccccc2)CN1CC(C)COC. The molecule has 1 aliphatic rings. The Balaban J connectivity index is 2.00. The molecule has 0 spiro atoms. The highest BCUT2D eigenvalue weighted by Crippen LogP contribution is 2.22. The summed E-state index contributed by atoms with van der Waals surface area (Å²) in [5, 5.41) is 3.70. The van der Waals surface area contributed by atoms with Crippen molar-refractivity contribution in [2.75, 3.05) is 33.4 Å². The largest absolute Gasteiger partial charge is 0.384 e. The molecule has 1 saturated heterocycles. The molecule has 1 N–H and O–H groups in total. The predicted octanol–water partition coefficient (Wildman–Crippen LogP) is 2.69. The lowest BCUT2D eigenvalue weighted by atomic mass is 9.99. The van der Waals surface area contributed by atoms with Crippen molar-refractivity contribution >= 4 is 0 Å². The number of rotatable bonds is 6. The van der Waals surface area contributed by atoms with Crippen LogP contribution in [-0.4, -0.2) is 44.3 Å². The molecule has 1 aliphatic heterocycles. The third kappa shape index (κ3) is 4.05. The molecule has 2 rings (SSSR count). The van der Waals surface area contributed by atoms with Crippen LogP contribution in [0, 0.1) is 5.92 Å². The Kier molecular flexibility index (Phi) is 6.02. The molecule has 0 aliphatic carbocycles. The first kappa shape index (κ1) is 15.5. The lowest BCUT2D eigenvalue weighted by Gasteiger charge is -2.41. The lowest BCUT2D eigenvalue weighted by molar-refractivity contribution is 0.0793. The van der Waals surface area contributed by atoms with E-state index < -0.39 is 0 Å². The average molecular weight is 276 g/mol. The van der Waals surface area contributed by atoms with Crippen LogP contribution in [0.3, 0.4) is 0 Å². The van der Waals surface area contributed by atoms with Crippen LogP contribution in [0.2, 0.25) is 0 Å². The fourth-order valence-corrected chi connectivity index (χ4v) is 3.13. The minimum Gasteiger partial charge on any atom is -0.384 e. The summed E-state index contributed by atoms with van der Waals surface area (Å²) >= 11 is 0. The van der Waals surface area contributed by atoms with E-state index in [-0.39, 0.29) is 0 Å². The smallest absolute Gasteiger partial charge is 0.0500 e. The van der Waals surface area contributed by atoms with Crippen LogP contribution in [0.25, 0.3) is 0 Å². The molecule has 3 heteroatoms. The van der Waals surface area contributed by atoms with E-state index in [1.165, 1.54) is 12.0 Å². The molecule has 3 unspecified atom stereocenters. The van der Waals surface area contributed by atoms with Crippen molar-refractivity contribution in [1.82, 2.24) is 10.2 Å². The Morgan fingerprint density at radius 1 is 1.35 bits per heavy atom. The van der Waals surface area contributed by atoms with Gasteiger partial charge < -0.3 is 10.1 Å². The monoisotopic (exact) mass is 276 g/mol. The quantitative estimate of drug-likeness (QED) is 0.864. The Bertz CT molecular complexity index is 382. The summed E-state index contributed by atoms with van der Waals surface area (Å²) in [5.74, 6) is 0.587. The molecule has 0 radical (unpaired) electrons. The first-order chi connectivity index (χ1) is 9.74. The predicted molar refractivity (Wildman–Crippen MR) is 83.9 cm³/mol. The van der Waals surface area contributed by atoms with E-state index in [9.17, 15) is 0 Å². The molecule has 1 fully saturated rings. The third-order valence-corrected chi connectivity index (χ3v) is 4.20. The van der Waals surface area contributed by atoms with Gasteiger partial charge in [-0.25, -0.2) is 0 Å². The van der Waals surface area contributed by atoms with Crippen LogP contribution < -0.4 is 5.32 Å². The van der Waals surface area contributed by atoms with Gasteiger partial charge >= 0.3 is 0 Å². The lowest BCUT2D eigenvalue weighted by Crippen LogP contribution is -2.53. The summed E-state index contributed by atoms with van der Waals surface area (Å²) in [4.78, 5) is 2.64. The minimum absolute atomic E-state index is 0.453. The summed E-state index contributed by atoms with van der Waals surface area (Å²) < 4.78 is 5.28. The van der Waals surface area contributed by atoms with Gasteiger partial charge in [-0.2, -0.15) is 0 Å². The van der Waals surface area contributed by atoms with Gasteiger partial charge in [0.2, 0.25) is 0 Å². The summed E-state index contributed by atoms with van der Waals surface area (Å²) in [6, 6.07) is 11.9. The molecule has 112 valence electrons. The molecular formula is C17H28N2O. The number of hydrogen-bond donors (Lipinski definition) is 1. The van der Waals surface area contributed by atoms with Gasteiger partial charge in [-0.1, -0.05) is 44.2 Å². The number of benzene rings is 1. The Morgan fingerprint density at radius 2 is 2.10 bits per heavy atom. The van der Waals surface area contributed by atoms with Crippen LogP contribution in [0.5, 0.6) is 0 Å². The van der Waals surface area contributed by atoms with E-state index in [1.54, 1.807) is 7.11 Å². The molecule has 1 aromatic carbocycles. The Labute approximate surface area is 123 Å². The van der Waals surface area contributed by atoms with Crippen LogP contribution >= 0.6 is 0 Å². The molecule has 0 aromatic heterocycles. The molecule has 0 saturated carbocycles. The van der Waals surface area contributed by atoms with Crippen molar-refractivity contribution in [3.8, 4) is 0 Å². The van der Waals surface area contributed by atoms with Crippen molar-refractivity contribution in [3.05, 3.63) is 35.9 Å². The highest BCUT2D eigenvalue weighted by atomic mass is 16.5. The fraction of sp³-hybridized carbons (Fsp3) is 0.647. The van der Waals surface area contributed by atoms with Gasteiger partial charge in [0.05, 0.1) is 0 Å². The summed E-state index contributed by atoms with van der Waals surface area (Å²) in [7, 11) is 1.79. The van der Waals surface area contributed by atoms with E-state index in [4.69, 9.17) is 4.74 Å². The number of nitrogens with zero attached hydrogens (tertiary/aromatic N) is 1. The minimum atomic E-state index is 0.453. The van der Waals surface area contributed by atoms with Crippen LogP contribution in [0.1, 0.15) is 31.9 Å². The third-order valence-electron chi connectivity index (χ3n) is 4.20. The molecular weight excluding hydrogens is 248 g/mol. The van der Waals surface area contributed by atoms with Crippen LogP contribution in [0.15, 0.2) is 30.3 Å². The summed E-state index contributed by atoms with van der Waals surface area (Å²) in [6.07, 6.45) is 1.20. The zero-order valence-electron chi connectivity index (χ0n) is 13.0. The van der Waals surface area contributed by atoms with Crippen molar-refractivity contribution in [3.63, 3.8) is 0 Å². The summed E-state index contributed by atoms with van der Waals surface area (Å²) in [6.45, 7) is 8.69. The highest BCUT2D eigenvalue weighted by molar-refractivity contribution is 5.20. The van der Waals surface area contributed by atoms with Gasteiger partial charge in [0.1, 0.15) is 0 Å². The molecule has 0 bridgehead atoms. The van der Waals surface area contributed by atoms with Gasteiger partial charge in [0, 0.05) is 45.4 Å². The molecule has 20 heavy (non-hydrogen) atoms. The first-order valence-corrected chi connectivity index (χ1v) is 7.75. The number of ether oxygens (including phenoxy) is 1. The second-order valence-electron chi connectivity index (χ2n) is 5.95. The standard InChI is InChI=1S/C17H28N2O/c1-4-16-10-18-17(15-8-6-5-7-9-15)12-19(16)11-14(2)13-20-3/h5-9,14,16-18H,4,10-13H2,1-3H3. The average Bonchev–Trinajstić information content (AvgIpc) is 2.48. The Hall–Kier alpha value is -0.900. The van der Waals surface area contributed by atoms with Gasteiger partial charge in [-0.05, 0) is 17.9 Å².